The summed E-state index contributed by atoms with van der Waals surface area (Å²) in [5.41, 5.74) is 0.608. The Balaban J connectivity index is 2.53. The lowest BCUT2D eigenvalue weighted by Crippen LogP contribution is -2.04. The van der Waals surface area contributed by atoms with Gasteiger partial charge in [-0.1, -0.05) is 44.0 Å². The Bertz CT molecular complexity index is 559. The predicted molar refractivity (Wildman–Crippen MR) is 72.3 cm³/mol. The minimum Gasteiger partial charge on any atom is -0.166 e. The van der Waals surface area contributed by atoms with E-state index < -0.39 is 11.7 Å². The highest BCUT2D eigenvalue weighted by atomic mass is 79.9. The van der Waals surface area contributed by atoms with Crippen LogP contribution >= 0.6 is 31.9 Å². The molecule has 2 aromatic rings. The Kier molecular flexibility index (Phi) is 3.82. The van der Waals surface area contributed by atoms with Crippen LogP contribution in [0.15, 0.2) is 51.4 Å². The van der Waals surface area contributed by atoms with Crippen LogP contribution in [0.3, 0.4) is 0 Å². The fraction of sp³-hybridized carbons (Fsp3) is 0.0769. The minimum absolute atomic E-state index is 0.525. The summed E-state index contributed by atoms with van der Waals surface area (Å²) in [6.45, 7) is 0. The molecule has 0 bridgehead atoms. The van der Waals surface area contributed by atoms with Crippen LogP contribution in [0, 0.1) is 0 Å². The average molecular weight is 380 g/mol. The van der Waals surface area contributed by atoms with Gasteiger partial charge in [-0.05, 0) is 41.5 Å². The highest BCUT2D eigenvalue weighted by Gasteiger charge is 2.30. The van der Waals surface area contributed by atoms with Crippen LogP contribution in [0.5, 0.6) is 0 Å². The number of hydrogen-bond donors (Lipinski definition) is 0. The SMILES string of the molecule is FC(F)(F)c1ccc(Br)c(-c2ccc(Br)cc2)c1. The van der Waals surface area contributed by atoms with Gasteiger partial charge in [-0.3, -0.25) is 0 Å². The van der Waals surface area contributed by atoms with Crippen molar-refractivity contribution < 1.29 is 13.2 Å². The number of rotatable bonds is 1. The van der Waals surface area contributed by atoms with Crippen molar-refractivity contribution in [2.75, 3.05) is 0 Å². The van der Waals surface area contributed by atoms with E-state index in [1.165, 1.54) is 6.07 Å². The van der Waals surface area contributed by atoms with E-state index in [2.05, 4.69) is 31.9 Å². The zero-order valence-corrected chi connectivity index (χ0v) is 12.1. The molecule has 0 fully saturated rings. The van der Waals surface area contributed by atoms with Gasteiger partial charge in [-0.15, -0.1) is 0 Å². The second-order valence-corrected chi connectivity index (χ2v) is 5.47. The first-order valence-corrected chi connectivity index (χ1v) is 6.59. The number of benzene rings is 2. The molecule has 0 spiro atoms. The largest absolute Gasteiger partial charge is 0.416 e. The predicted octanol–water partition coefficient (Wildman–Crippen LogP) is 5.90. The van der Waals surface area contributed by atoms with E-state index >= 15 is 0 Å². The van der Waals surface area contributed by atoms with E-state index in [1.807, 2.05) is 0 Å². The van der Waals surface area contributed by atoms with Crippen LogP contribution in [-0.4, -0.2) is 0 Å². The van der Waals surface area contributed by atoms with E-state index in [9.17, 15) is 13.2 Å². The zero-order valence-electron chi connectivity index (χ0n) is 8.93. The molecule has 2 rings (SSSR count). The first-order chi connectivity index (χ1) is 8.38. The maximum Gasteiger partial charge on any atom is 0.416 e. The molecule has 0 nitrogen and oxygen atoms in total. The third-order valence-corrected chi connectivity index (χ3v) is 3.67. The summed E-state index contributed by atoms with van der Waals surface area (Å²) in [5.74, 6) is 0. The summed E-state index contributed by atoms with van der Waals surface area (Å²) in [7, 11) is 0. The van der Waals surface area contributed by atoms with Crippen LogP contribution in [-0.2, 0) is 6.18 Å². The Morgan fingerprint density at radius 2 is 1.44 bits per heavy atom. The molecule has 0 atom stereocenters. The first-order valence-electron chi connectivity index (χ1n) is 5.00. The molecule has 0 amide bonds. The molecule has 0 unspecified atom stereocenters. The lowest BCUT2D eigenvalue weighted by Gasteiger charge is -2.11. The van der Waals surface area contributed by atoms with Crippen LogP contribution in [0.2, 0.25) is 0 Å². The third-order valence-electron chi connectivity index (χ3n) is 2.45. The first kappa shape index (κ1) is 13.6. The second kappa shape index (κ2) is 5.05. The molecule has 0 aliphatic carbocycles. The summed E-state index contributed by atoms with van der Waals surface area (Å²) >= 11 is 6.56. The van der Waals surface area contributed by atoms with Crippen LogP contribution in [0.4, 0.5) is 13.2 Å². The van der Waals surface area contributed by atoms with Crippen molar-refractivity contribution in [2.45, 2.75) is 6.18 Å². The summed E-state index contributed by atoms with van der Waals surface area (Å²) in [6, 6.07) is 10.7. The lowest BCUT2D eigenvalue weighted by atomic mass is 10.0. The van der Waals surface area contributed by atoms with Gasteiger partial charge in [0.2, 0.25) is 0 Å². The van der Waals surface area contributed by atoms with Crippen molar-refractivity contribution in [1.29, 1.82) is 0 Å². The molecule has 0 saturated heterocycles. The van der Waals surface area contributed by atoms with Gasteiger partial charge in [-0.25, -0.2) is 0 Å². The van der Waals surface area contributed by atoms with Gasteiger partial charge in [0.25, 0.3) is 0 Å². The average Bonchev–Trinajstić information content (AvgIpc) is 2.29. The van der Waals surface area contributed by atoms with Crippen LogP contribution < -0.4 is 0 Å². The molecule has 0 heterocycles. The van der Waals surface area contributed by atoms with Crippen molar-refractivity contribution in [3.63, 3.8) is 0 Å². The zero-order chi connectivity index (χ0) is 13.3. The van der Waals surface area contributed by atoms with Gasteiger partial charge >= 0.3 is 6.18 Å². The minimum atomic E-state index is -4.33. The molecular formula is C13H7Br2F3. The second-order valence-electron chi connectivity index (χ2n) is 3.70. The summed E-state index contributed by atoms with van der Waals surface area (Å²) < 4.78 is 39.5. The Labute approximate surface area is 119 Å². The molecule has 0 saturated carbocycles. The van der Waals surface area contributed by atoms with Gasteiger partial charge in [0.15, 0.2) is 0 Å². The number of halogens is 5. The van der Waals surface area contributed by atoms with Gasteiger partial charge < -0.3 is 0 Å². The van der Waals surface area contributed by atoms with E-state index in [4.69, 9.17) is 0 Å². The van der Waals surface area contributed by atoms with Crippen molar-refractivity contribution in [2.24, 2.45) is 0 Å². The summed E-state index contributed by atoms with van der Waals surface area (Å²) in [5, 5.41) is 0. The van der Waals surface area contributed by atoms with Gasteiger partial charge in [-0.2, -0.15) is 13.2 Å². The van der Waals surface area contributed by atoms with Crippen molar-refractivity contribution >= 4 is 31.9 Å². The topological polar surface area (TPSA) is 0 Å². The van der Waals surface area contributed by atoms with E-state index in [1.54, 1.807) is 24.3 Å². The molecule has 18 heavy (non-hydrogen) atoms. The normalized spacial score (nSPS) is 11.6. The van der Waals surface area contributed by atoms with Crippen LogP contribution in [0.1, 0.15) is 5.56 Å². The van der Waals surface area contributed by atoms with Crippen molar-refractivity contribution in [3.8, 4) is 11.1 Å². The summed E-state index contributed by atoms with van der Waals surface area (Å²) in [4.78, 5) is 0. The molecule has 2 aromatic carbocycles. The van der Waals surface area contributed by atoms with E-state index in [0.717, 1.165) is 22.2 Å². The molecule has 5 heteroatoms. The van der Waals surface area contributed by atoms with Crippen molar-refractivity contribution in [1.82, 2.24) is 0 Å². The highest BCUT2D eigenvalue weighted by Crippen LogP contribution is 2.36. The molecule has 0 N–H and O–H groups in total. The fourth-order valence-corrected chi connectivity index (χ4v) is 2.29. The van der Waals surface area contributed by atoms with Gasteiger partial charge in [0.1, 0.15) is 0 Å². The fourth-order valence-electron chi connectivity index (χ4n) is 1.55. The smallest absolute Gasteiger partial charge is 0.166 e. The molecule has 0 aliphatic heterocycles. The van der Waals surface area contributed by atoms with Crippen LogP contribution in [0.25, 0.3) is 11.1 Å². The highest BCUT2D eigenvalue weighted by molar-refractivity contribution is 9.10. The number of alkyl halides is 3. The third kappa shape index (κ3) is 2.95. The molecule has 0 aromatic heterocycles. The van der Waals surface area contributed by atoms with Gasteiger partial charge in [0, 0.05) is 8.95 Å². The standard InChI is InChI=1S/C13H7Br2F3/c14-10-4-1-8(2-5-10)11-7-9(13(16,17)18)3-6-12(11)15/h1-7H. The summed E-state index contributed by atoms with van der Waals surface area (Å²) in [6.07, 6.45) is -4.33. The Hall–Kier alpha value is -0.810. The molecule has 0 aliphatic rings. The maximum absolute atomic E-state index is 12.7. The quantitative estimate of drug-likeness (QED) is 0.578. The molecule has 94 valence electrons. The monoisotopic (exact) mass is 378 g/mol. The van der Waals surface area contributed by atoms with E-state index in [0.29, 0.717) is 10.0 Å². The Morgan fingerprint density at radius 1 is 0.833 bits per heavy atom. The molecular weight excluding hydrogens is 373 g/mol. The number of hydrogen-bond acceptors (Lipinski definition) is 0. The Morgan fingerprint density at radius 3 is 2.00 bits per heavy atom. The van der Waals surface area contributed by atoms with Gasteiger partial charge in [0.05, 0.1) is 5.56 Å². The van der Waals surface area contributed by atoms with E-state index in [-0.39, 0.29) is 0 Å². The van der Waals surface area contributed by atoms with Crippen molar-refractivity contribution in [3.05, 3.63) is 57.0 Å². The lowest BCUT2D eigenvalue weighted by molar-refractivity contribution is -0.137. The maximum atomic E-state index is 12.7. The molecule has 0 radical (unpaired) electrons.